The molecular formula is C13H15N3O. The van der Waals surface area contributed by atoms with Crippen molar-refractivity contribution in [2.24, 2.45) is 5.18 Å². The number of aromatic nitrogens is 2. The second-order valence-corrected chi connectivity index (χ2v) is 4.19. The highest BCUT2D eigenvalue weighted by Crippen LogP contribution is 2.23. The predicted molar refractivity (Wildman–Crippen MR) is 67.4 cm³/mol. The highest BCUT2D eigenvalue weighted by Gasteiger charge is 2.12. The molecule has 1 heterocycles. The van der Waals surface area contributed by atoms with Gasteiger partial charge in [-0.25, -0.2) is 0 Å². The van der Waals surface area contributed by atoms with Crippen molar-refractivity contribution >= 4 is 5.69 Å². The van der Waals surface area contributed by atoms with Crippen molar-refractivity contribution in [1.29, 1.82) is 0 Å². The van der Waals surface area contributed by atoms with E-state index in [4.69, 9.17) is 0 Å². The molecule has 1 aromatic heterocycles. The van der Waals surface area contributed by atoms with Crippen LogP contribution < -0.4 is 0 Å². The van der Waals surface area contributed by atoms with E-state index in [1.165, 1.54) is 11.1 Å². The monoisotopic (exact) mass is 229 g/mol. The van der Waals surface area contributed by atoms with Crippen LogP contribution in [0.15, 0.2) is 29.4 Å². The molecule has 0 radical (unpaired) electrons. The fourth-order valence-corrected chi connectivity index (χ4v) is 1.92. The number of hydrogen-bond acceptors (Lipinski definition) is 3. The summed E-state index contributed by atoms with van der Waals surface area (Å²) in [5.74, 6) is 0. The molecule has 0 aliphatic heterocycles. The number of rotatable bonds is 3. The Labute approximate surface area is 100 Å². The molecule has 0 unspecified atom stereocenters. The van der Waals surface area contributed by atoms with Crippen LogP contribution in [-0.2, 0) is 6.54 Å². The Balaban J connectivity index is 2.37. The maximum absolute atomic E-state index is 10.7. The summed E-state index contributed by atoms with van der Waals surface area (Å²) in [6.45, 7) is 6.42. The fourth-order valence-electron chi connectivity index (χ4n) is 1.92. The zero-order valence-electron chi connectivity index (χ0n) is 10.3. The first-order chi connectivity index (χ1) is 8.13. The van der Waals surface area contributed by atoms with Crippen LogP contribution in [0.2, 0.25) is 0 Å². The van der Waals surface area contributed by atoms with Crippen molar-refractivity contribution in [3.63, 3.8) is 0 Å². The largest absolute Gasteiger partial charge is 0.263 e. The van der Waals surface area contributed by atoms with Gasteiger partial charge in [0.2, 0.25) is 0 Å². The molecule has 17 heavy (non-hydrogen) atoms. The van der Waals surface area contributed by atoms with Crippen LogP contribution in [0.3, 0.4) is 0 Å². The third-order valence-corrected chi connectivity index (χ3v) is 3.02. The lowest BCUT2D eigenvalue weighted by molar-refractivity contribution is 0.657. The second-order valence-electron chi connectivity index (χ2n) is 4.19. The number of nitroso groups, excluding NO2 is 1. The van der Waals surface area contributed by atoms with Gasteiger partial charge in [-0.05, 0) is 37.1 Å². The summed E-state index contributed by atoms with van der Waals surface area (Å²) in [6.07, 6.45) is 0. The Morgan fingerprint density at radius 1 is 1.24 bits per heavy atom. The summed E-state index contributed by atoms with van der Waals surface area (Å²) in [5.41, 5.74) is 4.39. The van der Waals surface area contributed by atoms with Gasteiger partial charge in [-0.1, -0.05) is 24.3 Å². The van der Waals surface area contributed by atoms with Crippen LogP contribution >= 0.6 is 0 Å². The van der Waals surface area contributed by atoms with Gasteiger partial charge in [0, 0.05) is 0 Å². The van der Waals surface area contributed by atoms with E-state index in [1.807, 2.05) is 23.7 Å². The lowest BCUT2D eigenvalue weighted by Gasteiger charge is -2.07. The first kappa shape index (κ1) is 11.5. The van der Waals surface area contributed by atoms with Crippen molar-refractivity contribution in [3.8, 4) is 0 Å². The molecule has 1 aromatic carbocycles. The minimum atomic E-state index is 0.457. The van der Waals surface area contributed by atoms with E-state index in [0.717, 1.165) is 5.69 Å². The van der Waals surface area contributed by atoms with E-state index in [-0.39, 0.29) is 0 Å². The molecule has 0 N–H and O–H groups in total. The number of benzene rings is 1. The Morgan fingerprint density at radius 2 is 1.94 bits per heavy atom. The average Bonchev–Trinajstić information content (AvgIpc) is 2.57. The normalized spacial score (nSPS) is 10.5. The van der Waals surface area contributed by atoms with Crippen molar-refractivity contribution in [1.82, 2.24) is 9.78 Å². The molecule has 0 saturated heterocycles. The van der Waals surface area contributed by atoms with E-state index < -0.39 is 0 Å². The molecule has 88 valence electrons. The number of aryl methyl sites for hydroxylation is 2. The van der Waals surface area contributed by atoms with E-state index in [9.17, 15) is 4.91 Å². The number of nitrogens with zero attached hydrogens (tertiary/aromatic N) is 3. The average molecular weight is 229 g/mol. The molecule has 2 aromatic rings. The van der Waals surface area contributed by atoms with Crippen molar-refractivity contribution in [2.45, 2.75) is 27.3 Å². The lowest BCUT2D eigenvalue weighted by Crippen LogP contribution is -2.05. The topological polar surface area (TPSA) is 47.2 Å². The molecule has 0 aliphatic rings. The molecule has 4 heteroatoms. The van der Waals surface area contributed by atoms with Crippen LogP contribution in [0.4, 0.5) is 5.69 Å². The van der Waals surface area contributed by atoms with E-state index >= 15 is 0 Å². The Hall–Kier alpha value is -1.97. The minimum Gasteiger partial charge on any atom is -0.263 e. The molecule has 0 atom stereocenters. The molecule has 0 saturated carbocycles. The molecule has 0 amide bonds. The first-order valence-corrected chi connectivity index (χ1v) is 5.55. The summed E-state index contributed by atoms with van der Waals surface area (Å²) in [5, 5.41) is 7.36. The first-order valence-electron chi connectivity index (χ1n) is 5.55. The lowest BCUT2D eigenvalue weighted by atomic mass is 10.1. The standard InChI is InChI=1S/C13H15N3O/c1-9-6-4-5-7-12(9)8-16-11(3)13(15-17)10(2)14-16/h4-7H,8H2,1-3H3. The van der Waals surface area contributed by atoms with Gasteiger partial charge in [0.1, 0.15) is 0 Å². The zero-order chi connectivity index (χ0) is 12.4. The van der Waals surface area contributed by atoms with Crippen LogP contribution in [0.5, 0.6) is 0 Å². The van der Waals surface area contributed by atoms with Gasteiger partial charge >= 0.3 is 0 Å². The zero-order valence-corrected chi connectivity index (χ0v) is 10.3. The minimum absolute atomic E-state index is 0.457. The van der Waals surface area contributed by atoms with Crippen molar-refractivity contribution in [2.75, 3.05) is 0 Å². The van der Waals surface area contributed by atoms with Crippen LogP contribution in [0.25, 0.3) is 0 Å². The highest BCUT2D eigenvalue weighted by molar-refractivity contribution is 5.46. The Morgan fingerprint density at radius 3 is 2.53 bits per heavy atom. The summed E-state index contributed by atoms with van der Waals surface area (Å²) in [6, 6.07) is 8.16. The summed E-state index contributed by atoms with van der Waals surface area (Å²) in [4.78, 5) is 10.7. The van der Waals surface area contributed by atoms with Gasteiger partial charge < -0.3 is 0 Å². The fraction of sp³-hybridized carbons (Fsp3) is 0.308. The van der Waals surface area contributed by atoms with Gasteiger partial charge in [0.25, 0.3) is 0 Å². The van der Waals surface area contributed by atoms with Gasteiger partial charge in [0.05, 0.1) is 17.9 Å². The molecule has 4 nitrogen and oxygen atoms in total. The third-order valence-electron chi connectivity index (χ3n) is 3.02. The maximum Gasteiger partial charge on any atom is 0.151 e. The number of hydrogen-bond donors (Lipinski definition) is 0. The molecular weight excluding hydrogens is 214 g/mol. The van der Waals surface area contributed by atoms with E-state index in [1.54, 1.807) is 6.92 Å². The van der Waals surface area contributed by atoms with E-state index in [0.29, 0.717) is 17.9 Å². The molecule has 2 rings (SSSR count). The van der Waals surface area contributed by atoms with Crippen molar-refractivity contribution < 1.29 is 0 Å². The van der Waals surface area contributed by atoms with Crippen LogP contribution in [0, 0.1) is 25.7 Å². The molecule has 0 spiro atoms. The summed E-state index contributed by atoms with van der Waals surface area (Å²) >= 11 is 0. The Bertz CT molecular complexity index is 558. The van der Waals surface area contributed by atoms with Gasteiger partial charge in [-0.3, -0.25) is 4.68 Å². The Kier molecular flexibility index (Phi) is 3.04. The van der Waals surface area contributed by atoms with E-state index in [2.05, 4.69) is 29.3 Å². The summed E-state index contributed by atoms with van der Waals surface area (Å²) < 4.78 is 1.83. The quantitative estimate of drug-likeness (QED) is 0.758. The smallest absolute Gasteiger partial charge is 0.151 e. The third kappa shape index (κ3) is 2.11. The predicted octanol–water partition coefficient (Wildman–Crippen LogP) is 3.25. The molecule has 0 bridgehead atoms. The molecule has 0 fully saturated rings. The van der Waals surface area contributed by atoms with Crippen molar-refractivity contribution in [3.05, 3.63) is 51.7 Å². The summed E-state index contributed by atoms with van der Waals surface area (Å²) in [7, 11) is 0. The van der Waals surface area contributed by atoms with Gasteiger partial charge in [0.15, 0.2) is 5.69 Å². The van der Waals surface area contributed by atoms with Crippen LogP contribution in [0.1, 0.15) is 22.5 Å². The second kappa shape index (κ2) is 4.49. The highest BCUT2D eigenvalue weighted by atomic mass is 16.3. The van der Waals surface area contributed by atoms with Crippen LogP contribution in [-0.4, -0.2) is 9.78 Å². The molecule has 0 aliphatic carbocycles. The van der Waals surface area contributed by atoms with Gasteiger partial charge in [-0.2, -0.15) is 5.10 Å². The SMILES string of the molecule is Cc1ccccc1Cn1nc(C)c(N=O)c1C. The van der Waals surface area contributed by atoms with Gasteiger partial charge in [-0.15, -0.1) is 4.91 Å². The maximum atomic E-state index is 10.7.